The first kappa shape index (κ1) is 97.4. The Bertz CT molecular complexity index is 1190. The maximum atomic E-state index is 11.7. The molecule has 400 valence electrons. The van der Waals surface area contributed by atoms with E-state index in [1.54, 1.807) is 0 Å². The van der Waals surface area contributed by atoms with Crippen LogP contribution in [0.25, 0.3) is 0 Å². The molecule has 0 radical (unpaired) electrons. The average molecular weight is 1190 g/mol. The van der Waals surface area contributed by atoms with Gasteiger partial charge in [-0.15, -0.1) is 0 Å². The summed E-state index contributed by atoms with van der Waals surface area (Å²) in [7, 11) is 4.17. The predicted molar refractivity (Wildman–Crippen MR) is 249 cm³/mol. The molecule has 0 unspecified atom stereocenters. The van der Waals surface area contributed by atoms with Crippen LogP contribution in [-0.2, 0) is 90.8 Å². The van der Waals surface area contributed by atoms with Gasteiger partial charge in [-0.1, -0.05) is 79.3 Å². The maximum Gasteiger partial charge on any atom is 1.00 e. The molecule has 2 N–H and O–H groups in total. The van der Waals surface area contributed by atoms with Crippen molar-refractivity contribution in [3.63, 3.8) is 0 Å². The van der Waals surface area contributed by atoms with E-state index in [2.05, 4.69) is 64.8 Å². The number of esters is 5. The van der Waals surface area contributed by atoms with E-state index in [0.717, 1.165) is 52.0 Å². The van der Waals surface area contributed by atoms with Crippen molar-refractivity contribution in [1.82, 2.24) is 4.90 Å². The summed E-state index contributed by atoms with van der Waals surface area (Å²) in [6.07, 6.45) is 11.2. The van der Waals surface area contributed by atoms with Crippen LogP contribution in [0.3, 0.4) is 0 Å². The fourth-order valence-corrected chi connectivity index (χ4v) is 3.79. The van der Waals surface area contributed by atoms with Gasteiger partial charge in [0, 0.05) is 31.5 Å². The molecule has 1 aliphatic rings. The van der Waals surface area contributed by atoms with Crippen molar-refractivity contribution >= 4 is 86.6 Å². The molecular formula is C43H82Br2K2N2O20. The van der Waals surface area contributed by atoms with Crippen LogP contribution < -0.4 is 114 Å². The van der Waals surface area contributed by atoms with Crippen molar-refractivity contribution < 1.29 is 200 Å². The van der Waals surface area contributed by atoms with Gasteiger partial charge in [0.05, 0.1) is 40.7 Å². The van der Waals surface area contributed by atoms with E-state index in [9.17, 15) is 24.0 Å². The molecule has 0 aromatic carbocycles. The van der Waals surface area contributed by atoms with Crippen LogP contribution >= 0.6 is 31.9 Å². The van der Waals surface area contributed by atoms with Crippen LogP contribution in [0.4, 0.5) is 0 Å². The van der Waals surface area contributed by atoms with E-state index in [0.29, 0.717) is 31.1 Å². The van der Waals surface area contributed by atoms with E-state index >= 15 is 0 Å². The number of unbranched alkanes of at least 4 members (excludes halogenated alkanes) is 3. The molecule has 22 nitrogen and oxygen atoms in total. The Kier molecular flexibility index (Phi) is 118. The number of hydrogen-bond acceptors (Lipinski definition) is 22. The molecule has 0 aromatic rings. The molecule has 0 spiro atoms. The van der Waals surface area contributed by atoms with Gasteiger partial charge in [0.2, 0.25) is 0 Å². The number of hydrogen-bond donors (Lipinski definition) is 1. The van der Waals surface area contributed by atoms with E-state index in [1.807, 2.05) is 53.4 Å². The third-order valence-electron chi connectivity index (χ3n) is 5.85. The largest absolute Gasteiger partial charge is 1.00 e. The Balaban J connectivity index is -0.0000000498. The summed E-state index contributed by atoms with van der Waals surface area (Å²) in [5.41, 5.74) is 4.20. The summed E-state index contributed by atoms with van der Waals surface area (Å²) in [6, 6.07) is 0. The van der Waals surface area contributed by atoms with Gasteiger partial charge in [0.15, 0.2) is 0 Å². The summed E-state index contributed by atoms with van der Waals surface area (Å²) in [5, 5.41) is 9.38. The van der Waals surface area contributed by atoms with Crippen molar-refractivity contribution in [1.29, 1.82) is 0 Å². The van der Waals surface area contributed by atoms with Gasteiger partial charge < -0.3 is 45.7 Å². The Morgan fingerprint density at radius 2 is 1.01 bits per heavy atom. The number of carbonyl (C=O) groups is 6. The second-order valence-corrected chi connectivity index (χ2v) is 15.2. The zero-order chi connectivity index (χ0) is 53.7. The molecule has 1 aliphatic heterocycles. The quantitative estimate of drug-likeness (QED) is 0.0267. The molecule has 1 fully saturated rings. The van der Waals surface area contributed by atoms with Gasteiger partial charge in [0.1, 0.15) is 16.5 Å². The molecule has 69 heavy (non-hydrogen) atoms. The molecule has 0 bridgehead atoms. The van der Waals surface area contributed by atoms with E-state index in [-0.39, 0.29) is 184 Å². The number of rotatable bonds is 17. The van der Waals surface area contributed by atoms with Crippen LogP contribution in [0.5, 0.6) is 0 Å². The number of alkyl halides is 2. The van der Waals surface area contributed by atoms with Crippen LogP contribution in [0, 0.1) is 0 Å². The second-order valence-electron chi connectivity index (χ2n) is 13.9. The summed E-state index contributed by atoms with van der Waals surface area (Å²) >= 11 is 6.08. The van der Waals surface area contributed by atoms with Crippen LogP contribution in [0.2, 0.25) is 0 Å². The van der Waals surface area contributed by atoms with E-state index in [1.165, 1.54) is 47.0 Å². The molecular weight excluding hydrogens is 1100 g/mol. The Hall–Kier alpha value is -0.967. The molecule has 0 aliphatic carbocycles. The molecule has 1 rings (SSSR count). The topological polar surface area (TPSA) is 322 Å². The molecule has 1 heterocycles. The summed E-state index contributed by atoms with van der Waals surface area (Å²) in [6.45, 7) is 21.4. The van der Waals surface area contributed by atoms with Gasteiger partial charge in [-0.3, -0.25) is 33.7 Å². The molecule has 0 atom stereocenters. The van der Waals surface area contributed by atoms with Crippen LogP contribution in [0.15, 0.2) is 0 Å². The molecule has 0 aromatic heterocycles. The molecule has 0 amide bonds. The van der Waals surface area contributed by atoms with Gasteiger partial charge in [-0.2, -0.15) is 28.8 Å². The Labute approximate surface area is 514 Å². The Morgan fingerprint density at radius 1 is 0.652 bits per heavy atom. The van der Waals surface area contributed by atoms with Crippen molar-refractivity contribution in [3.8, 4) is 0 Å². The summed E-state index contributed by atoms with van der Waals surface area (Å²) in [5.74, 6) is -1.00. The maximum absolute atomic E-state index is 11.7. The first-order valence-electron chi connectivity index (χ1n) is 20.4. The van der Waals surface area contributed by atoms with Crippen LogP contribution in [0.1, 0.15) is 142 Å². The van der Waals surface area contributed by atoms with Crippen molar-refractivity contribution in [2.45, 2.75) is 152 Å². The zero-order valence-corrected chi connectivity index (χ0v) is 52.4. The number of nitrogens with zero attached hydrogens (tertiary/aromatic N) is 1. The number of ether oxygens (including phenoxy) is 6. The van der Waals surface area contributed by atoms with Crippen molar-refractivity contribution in [2.24, 2.45) is 5.73 Å². The first-order valence-corrected chi connectivity index (χ1v) is 22.6. The average Bonchev–Trinajstić information content (AvgIpc) is 3.85. The van der Waals surface area contributed by atoms with E-state index < -0.39 is 5.60 Å². The number of nitrogens with two attached hydrogens (primary N) is 1. The van der Waals surface area contributed by atoms with Crippen molar-refractivity contribution in [2.75, 3.05) is 71.4 Å². The third kappa shape index (κ3) is 140. The fraction of sp³-hybridized carbons (Fsp3) is 0.791. The van der Waals surface area contributed by atoms with Gasteiger partial charge >= 0.3 is 151 Å². The Morgan fingerprint density at radius 3 is 1.25 bits per heavy atom. The predicted octanol–water partition coefficient (Wildman–Crippen LogP) is -1.01. The van der Waals surface area contributed by atoms with Gasteiger partial charge in [0.25, 0.3) is 6.47 Å². The number of methoxy groups -OCH3 is 3. The summed E-state index contributed by atoms with van der Waals surface area (Å²) < 4.78 is 28.5. The number of halogens is 2. The van der Waals surface area contributed by atoms with Gasteiger partial charge in [-0.25, -0.2) is 0 Å². The molecule has 26 heteroatoms. The van der Waals surface area contributed by atoms with Gasteiger partial charge in [-0.05, 0) is 86.7 Å². The van der Waals surface area contributed by atoms with E-state index in [4.69, 9.17) is 58.8 Å². The fourth-order valence-electron chi connectivity index (χ4n) is 3.35. The minimum absolute atomic E-state index is 0. The minimum Gasteiger partial charge on any atom is -1.00 e. The molecule has 0 saturated carbocycles. The normalized spacial score (nSPS) is 9.46. The SMILES string of the molecule is C.C1CCOC1.CC(C)(C)OC(=O)CBr.CCCCCCC(=O)OC.CCCN.CCCN(CCC(=O)OC)CC(=O)OC(C)(C)C.COC(=O)CCBr.O=C=O.O=C=O.O=C=O.O=CO[O-].[H-].[K+].[K+]. The second kappa shape index (κ2) is 83.9. The monoisotopic (exact) mass is 1180 g/mol. The standard InChI is InChI=1S/C13H25NO4.C8H16O2.C6H11BrO2.C4H7BrO2.C4H8O.C3H9N.CH2O3.3CO2.CH4.2K.H/c1-6-8-14(9-7-11(15)17-5)10-12(16)18-13(2,3)4;1-3-4-5-6-7-8(9)10-2;1-6(2,3)9-5(8)4-7;1-7-4(6)2-3-5;1-2-4-5-3-1;1-2-3-4;2-1-4-3;3*2-1-3;;;;/h6-10H2,1-5H3;3-7H2,1-2H3;4H2,1-3H3;2-3H2,1H3;1-4H2;2-4H2,1H3;1,3H;;;;1H4;;;/q;;;;;;;;;;;2*+1;-1/p-1. The molecule has 1 saturated heterocycles. The minimum atomic E-state index is -0.475. The smallest absolute Gasteiger partial charge is 1.00 e. The van der Waals surface area contributed by atoms with Crippen LogP contribution in [-0.4, -0.2) is 142 Å². The zero-order valence-electron chi connectivity index (χ0n) is 44.0. The third-order valence-corrected chi connectivity index (χ3v) is 6.70. The first-order chi connectivity index (χ1) is 30.9. The summed E-state index contributed by atoms with van der Waals surface area (Å²) in [4.78, 5) is 116. The number of carbonyl (C=O) groups excluding carboxylic acids is 12. The van der Waals surface area contributed by atoms with Crippen molar-refractivity contribution in [3.05, 3.63) is 0 Å².